The lowest BCUT2D eigenvalue weighted by Gasteiger charge is -2.44. The molecule has 0 bridgehead atoms. The summed E-state index contributed by atoms with van der Waals surface area (Å²) in [5.41, 5.74) is 0.926. The van der Waals surface area contributed by atoms with Gasteiger partial charge in [-0.05, 0) is 24.6 Å². The third-order valence-corrected chi connectivity index (χ3v) is 5.74. The molecule has 2 aliphatic rings. The van der Waals surface area contributed by atoms with Gasteiger partial charge in [0, 0.05) is 26.2 Å². The van der Waals surface area contributed by atoms with E-state index < -0.39 is 0 Å². The van der Waals surface area contributed by atoms with Crippen LogP contribution in [0.2, 0.25) is 0 Å². The minimum atomic E-state index is -0.322. The van der Waals surface area contributed by atoms with Crippen molar-refractivity contribution in [3.63, 3.8) is 0 Å². The molecule has 148 valence electrons. The van der Waals surface area contributed by atoms with Gasteiger partial charge in [-0.3, -0.25) is 9.69 Å². The Morgan fingerprint density at radius 1 is 1.00 bits per heavy atom. The second kappa shape index (κ2) is 8.33. The Morgan fingerprint density at radius 2 is 1.61 bits per heavy atom. The third-order valence-electron chi connectivity index (χ3n) is 5.74. The van der Waals surface area contributed by atoms with Crippen LogP contribution in [-0.2, 0) is 9.53 Å². The lowest BCUT2D eigenvalue weighted by Crippen LogP contribution is -2.58. The molecule has 0 radical (unpaired) electrons. The van der Waals surface area contributed by atoms with Gasteiger partial charge in [-0.15, -0.1) is 0 Å². The predicted octanol–water partition coefficient (Wildman–Crippen LogP) is 2.99. The van der Waals surface area contributed by atoms with E-state index in [1.165, 1.54) is 5.56 Å². The molecule has 1 amide bonds. The quantitative estimate of drug-likeness (QED) is 0.773. The third kappa shape index (κ3) is 4.05. The zero-order valence-electron chi connectivity index (χ0n) is 16.4. The number of para-hydroxylation sites is 1. The van der Waals surface area contributed by atoms with Crippen LogP contribution in [0.15, 0.2) is 60.7 Å². The predicted molar refractivity (Wildman–Crippen MR) is 108 cm³/mol. The Hall–Kier alpha value is -2.37. The molecular weight excluding hydrogens is 352 g/mol. The first-order chi connectivity index (χ1) is 13.7. The van der Waals surface area contributed by atoms with Crippen LogP contribution in [-0.4, -0.2) is 61.7 Å². The van der Waals surface area contributed by atoms with E-state index in [-0.39, 0.29) is 17.4 Å². The summed E-state index contributed by atoms with van der Waals surface area (Å²) in [4.78, 5) is 17.2. The molecule has 0 N–H and O–H groups in total. The number of hydrogen-bond donors (Lipinski definition) is 0. The first-order valence-electron chi connectivity index (χ1n) is 10.00. The molecule has 0 saturated carbocycles. The van der Waals surface area contributed by atoms with Crippen molar-refractivity contribution in [2.75, 3.05) is 46.0 Å². The number of carbonyl (C=O) groups is 1. The number of carbonyl (C=O) groups excluding carboxylic acids is 1. The molecular formula is C23H28N2O3. The number of ether oxygens (including phenoxy) is 2. The van der Waals surface area contributed by atoms with Crippen molar-refractivity contribution >= 4 is 5.91 Å². The van der Waals surface area contributed by atoms with Crippen LogP contribution in [0.5, 0.6) is 5.75 Å². The van der Waals surface area contributed by atoms with Crippen molar-refractivity contribution in [3.05, 3.63) is 66.2 Å². The van der Waals surface area contributed by atoms with Crippen molar-refractivity contribution in [2.24, 2.45) is 5.41 Å². The lowest BCUT2D eigenvalue weighted by molar-refractivity contribution is -0.170. The van der Waals surface area contributed by atoms with Gasteiger partial charge in [0.15, 0.2) is 0 Å². The number of amides is 1. The van der Waals surface area contributed by atoms with Crippen LogP contribution in [0.1, 0.15) is 18.5 Å². The summed E-state index contributed by atoms with van der Waals surface area (Å²) in [7, 11) is 0. The molecule has 2 heterocycles. The van der Waals surface area contributed by atoms with Gasteiger partial charge in [-0.2, -0.15) is 0 Å². The van der Waals surface area contributed by atoms with Crippen molar-refractivity contribution in [2.45, 2.75) is 13.0 Å². The number of rotatable bonds is 6. The monoisotopic (exact) mass is 380 g/mol. The fourth-order valence-electron chi connectivity index (χ4n) is 3.93. The van der Waals surface area contributed by atoms with Gasteiger partial charge in [-0.25, -0.2) is 0 Å². The van der Waals surface area contributed by atoms with Gasteiger partial charge in [0.25, 0.3) is 0 Å². The Kier molecular flexibility index (Phi) is 5.64. The summed E-state index contributed by atoms with van der Waals surface area (Å²) < 4.78 is 11.4. The molecule has 0 aliphatic carbocycles. The summed E-state index contributed by atoms with van der Waals surface area (Å²) in [6.45, 7) is 6.89. The molecule has 1 unspecified atom stereocenters. The Bertz CT molecular complexity index is 769. The van der Waals surface area contributed by atoms with Crippen LogP contribution in [0.25, 0.3) is 0 Å². The maximum Gasteiger partial charge on any atom is 0.233 e. The van der Waals surface area contributed by atoms with E-state index in [2.05, 4.69) is 29.2 Å². The Labute approximate surface area is 166 Å². The maximum atomic E-state index is 12.8. The Balaban J connectivity index is 1.41. The second-order valence-corrected chi connectivity index (χ2v) is 7.93. The Morgan fingerprint density at radius 3 is 2.18 bits per heavy atom. The van der Waals surface area contributed by atoms with Gasteiger partial charge in [-0.1, -0.05) is 48.5 Å². The van der Waals surface area contributed by atoms with Gasteiger partial charge >= 0.3 is 0 Å². The minimum Gasteiger partial charge on any atom is -0.492 e. The zero-order chi connectivity index (χ0) is 19.4. The van der Waals surface area contributed by atoms with Gasteiger partial charge < -0.3 is 14.4 Å². The van der Waals surface area contributed by atoms with E-state index in [1.54, 1.807) is 0 Å². The van der Waals surface area contributed by atoms with E-state index in [0.717, 1.165) is 31.9 Å². The van der Waals surface area contributed by atoms with Crippen LogP contribution in [0.3, 0.4) is 0 Å². The normalized spacial score (nSPS) is 20.2. The van der Waals surface area contributed by atoms with E-state index >= 15 is 0 Å². The highest BCUT2D eigenvalue weighted by Gasteiger charge is 2.44. The van der Waals surface area contributed by atoms with Crippen molar-refractivity contribution in [3.8, 4) is 5.75 Å². The first-order valence-corrected chi connectivity index (χ1v) is 10.00. The highest BCUT2D eigenvalue weighted by Crippen LogP contribution is 2.30. The molecule has 2 aliphatic heterocycles. The standard InChI is InChI=1S/C23H28N2O3/c1-23(17-27-18-23)22(26)25-14-12-24(13-15-25)21(19-8-4-2-5-9-19)16-28-20-10-6-3-7-11-20/h2-11,21H,12-18H2,1H3. The van der Waals surface area contributed by atoms with E-state index in [0.29, 0.717) is 19.8 Å². The molecule has 2 aromatic rings. The molecule has 1 atom stereocenters. The zero-order valence-corrected chi connectivity index (χ0v) is 16.4. The number of hydrogen-bond acceptors (Lipinski definition) is 4. The highest BCUT2D eigenvalue weighted by molar-refractivity contribution is 5.83. The van der Waals surface area contributed by atoms with Crippen LogP contribution < -0.4 is 4.74 Å². The maximum absolute atomic E-state index is 12.8. The number of nitrogens with zero attached hydrogens (tertiary/aromatic N) is 2. The van der Waals surface area contributed by atoms with Crippen LogP contribution >= 0.6 is 0 Å². The van der Waals surface area contributed by atoms with E-state index in [1.807, 2.05) is 48.2 Å². The average Bonchev–Trinajstić information content (AvgIpc) is 2.74. The smallest absolute Gasteiger partial charge is 0.233 e. The summed E-state index contributed by atoms with van der Waals surface area (Å²) >= 11 is 0. The van der Waals surface area contributed by atoms with E-state index in [9.17, 15) is 4.79 Å². The molecule has 28 heavy (non-hydrogen) atoms. The fraction of sp³-hybridized carbons (Fsp3) is 0.435. The molecule has 5 nitrogen and oxygen atoms in total. The van der Waals surface area contributed by atoms with Gasteiger partial charge in [0.1, 0.15) is 12.4 Å². The molecule has 2 aromatic carbocycles. The molecule has 5 heteroatoms. The summed E-state index contributed by atoms with van der Waals surface area (Å²) in [5, 5.41) is 0. The topological polar surface area (TPSA) is 42.0 Å². The summed E-state index contributed by atoms with van der Waals surface area (Å²) in [6, 6.07) is 20.6. The lowest BCUT2D eigenvalue weighted by atomic mass is 9.86. The second-order valence-electron chi connectivity index (χ2n) is 7.93. The van der Waals surface area contributed by atoms with Crippen LogP contribution in [0.4, 0.5) is 0 Å². The fourth-order valence-corrected chi connectivity index (χ4v) is 3.93. The first kappa shape index (κ1) is 19.0. The van der Waals surface area contributed by atoms with Gasteiger partial charge in [0.05, 0.1) is 24.7 Å². The SMILES string of the molecule is CC1(C(=O)N2CCN(C(COc3ccccc3)c3ccccc3)CC2)COC1. The average molecular weight is 380 g/mol. The minimum absolute atomic E-state index is 0.168. The highest BCUT2D eigenvalue weighted by atomic mass is 16.5. The molecule has 0 aromatic heterocycles. The van der Waals surface area contributed by atoms with Crippen molar-refractivity contribution in [1.29, 1.82) is 0 Å². The molecule has 2 saturated heterocycles. The summed E-state index contributed by atoms with van der Waals surface area (Å²) in [5.74, 6) is 1.12. The van der Waals surface area contributed by atoms with Crippen molar-refractivity contribution in [1.82, 2.24) is 9.80 Å². The van der Waals surface area contributed by atoms with E-state index in [4.69, 9.17) is 9.47 Å². The molecule has 2 fully saturated rings. The molecule has 4 rings (SSSR count). The number of piperazine rings is 1. The number of benzene rings is 2. The van der Waals surface area contributed by atoms with Gasteiger partial charge in [0.2, 0.25) is 5.91 Å². The molecule has 0 spiro atoms. The summed E-state index contributed by atoms with van der Waals surface area (Å²) in [6.07, 6.45) is 0. The van der Waals surface area contributed by atoms with Crippen LogP contribution in [0, 0.1) is 5.41 Å². The largest absolute Gasteiger partial charge is 0.492 e. The van der Waals surface area contributed by atoms with Crippen molar-refractivity contribution < 1.29 is 14.3 Å².